The highest BCUT2D eigenvalue weighted by atomic mass is 16.5. The lowest BCUT2D eigenvalue weighted by Crippen LogP contribution is -2.37. The van der Waals surface area contributed by atoms with Crippen LogP contribution in [0.3, 0.4) is 0 Å². The van der Waals surface area contributed by atoms with Gasteiger partial charge in [-0.05, 0) is 68.3 Å². The van der Waals surface area contributed by atoms with Crippen molar-refractivity contribution in [1.29, 1.82) is 0 Å². The van der Waals surface area contributed by atoms with E-state index < -0.39 is 0 Å². The number of carbonyl (C=O) groups is 1. The number of methoxy groups -OCH3 is 1. The molecule has 21 heavy (non-hydrogen) atoms. The molecule has 0 bridgehead atoms. The van der Waals surface area contributed by atoms with E-state index in [1.54, 1.807) is 7.11 Å². The van der Waals surface area contributed by atoms with E-state index in [9.17, 15) is 4.79 Å². The van der Waals surface area contributed by atoms with Gasteiger partial charge in [0.15, 0.2) is 0 Å². The molecule has 0 saturated heterocycles. The van der Waals surface area contributed by atoms with Crippen molar-refractivity contribution in [2.24, 2.45) is 23.5 Å². The van der Waals surface area contributed by atoms with Crippen molar-refractivity contribution in [3.05, 3.63) is 24.3 Å². The molecule has 2 N–H and O–H groups in total. The maximum Gasteiger partial charge on any atom is 0.230 e. The van der Waals surface area contributed by atoms with Gasteiger partial charge < -0.3 is 15.4 Å². The highest BCUT2D eigenvalue weighted by Gasteiger charge is 2.48. The fraction of sp³-hybridized carbons (Fsp3) is 0.588. The Morgan fingerprint density at radius 2 is 1.90 bits per heavy atom. The van der Waals surface area contributed by atoms with Crippen LogP contribution < -0.4 is 15.4 Å². The van der Waals surface area contributed by atoms with Crippen LogP contribution in [0.2, 0.25) is 0 Å². The quantitative estimate of drug-likeness (QED) is 0.874. The number of carbonyl (C=O) groups excluding carboxylic acids is 1. The van der Waals surface area contributed by atoms with E-state index in [1.807, 2.05) is 29.2 Å². The van der Waals surface area contributed by atoms with Crippen molar-refractivity contribution in [2.45, 2.75) is 25.7 Å². The fourth-order valence-corrected chi connectivity index (χ4v) is 3.51. The Labute approximate surface area is 126 Å². The Kier molecular flexibility index (Phi) is 4.15. The number of nitrogens with two attached hydrogens (primary N) is 1. The summed E-state index contributed by atoms with van der Waals surface area (Å²) in [7, 11) is 1.65. The summed E-state index contributed by atoms with van der Waals surface area (Å²) in [5, 5.41) is 0. The van der Waals surface area contributed by atoms with Crippen molar-refractivity contribution >= 4 is 11.6 Å². The number of anilines is 1. The number of benzene rings is 1. The van der Waals surface area contributed by atoms with Crippen LogP contribution in [-0.4, -0.2) is 26.1 Å². The second kappa shape index (κ2) is 6.06. The topological polar surface area (TPSA) is 55.6 Å². The number of amides is 1. The average molecular weight is 288 g/mol. The number of ether oxygens (including phenoxy) is 1. The Bertz CT molecular complexity index is 490. The lowest BCUT2D eigenvalue weighted by atomic mass is 10.0. The Hall–Kier alpha value is -1.55. The van der Waals surface area contributed by atoms with E-state index in [2.05, 4.69) is 0 Å². The average Bonchev–Trinajstić information content (AvgIpc) is 3.14. The van der Waals surface area contributed by atoms with E-state index in [0.29, 0.717) is 13.1 Å². The molecule has 0 aliphatic heterocycles. The lowest BCUT2D eigenvalue weighted by Gasteiger charge is -2.26. The molecule has 4 nitrogen and oxygen atoms in total. The minimum Gasteiger partial charge on any atom is -0.497 e. The normalized spacial score (nSPS) is 26.3. The van der Waals surface area contributed by atoms with Crippen molar-refractivity contribution < 1.29 is 9.53 Å². The first-order valence-corrected chi connectivity index (χ1v) is 7.88. The van der Waals surface area contributed by atoms with Gasteiger partial charge in [0, 0.05) is 18.2 Å². The summed E-state index contributed by atoms with van der Waals surface area (Å²) < 4.78 is 5.19. The van der Waals surface area contributed by atoms with Crippen LogP contribution >= 0.6 is 0 Å². The fourth-order valence-electron chi connectivity index (χ4n) is 3.51. The Morgan fingerprint density at radius 1 is 1.24 bits per heavy atom. The number of hydrogen-bond acceptors (Lipinski definition) is 3. The maximum absolute atomic E-state index is 12.8. The van der Waals surface area contributed by atoms with Gasteiger partial charge in [-0.3, -0.25) is 4.79 Å². The summed E-state index contributed by atoms with van der Waals surface area (Å²) >= 11 is 0. The van der Waals surface area contributed by atoms with Crippen LogP contribution in [-0.2, 0) is 4.79 Å². The van der Waals surface area contributed by atoms with Gasteiger partial charge in [0.25, 0.3) is 0 Å². The molecular formula is C17H24N2O2. The van der Waals surface area contributed by atoms with Gasteiger partial charge in [0.05, 0.1) is 7.11 Å². The largest absolute Gasteiger partial charge is 0.497 e. The molecule has 2 aliphatic carbocycles. The van der Waals surface area contributed by atoms with Crippen LogP contribution in [0.15, 0.2) is 24.3 Å². The van der Waals surface area contributed by atoms with Crippen LogP contribution in [0.4, 0.5) is 5.69 Å². The van der Waals surface area contributed by atoms with Crippen molar-refractivity contribution in [3.8, 4) is 5.75 Å². The molecule has 2 saturated carbocycles. The van der Waals surface area contributed by atoms with Crippen molar-refractivity contribution in [2.75, 3.05) is 25.1 Å². The summed E-state index contributed by atoms with van der Waals surface area (Å²) in [6.07, 6.45) is 4.34. The van der Waals surface area contributed by atoms with Gasteiger partial charge in [0.1, 0.15) is 5.75 Å². The predicted molar refractivity (Wildman–Crippen MR) is 83.3 cm³/mol. The molecule has 0 spiro atoms. The van der Waals surface area contributed by atoms with E-state index in [-0.39, 0.29) is 11.8 Å². The van der Waals surface area contributed by atoms with Crippen LogP contribution in [0.1, 0.15) is 25.7 Å². The first kappa shape index (κ1) is 14.4. The SMILES string of the molecule is COc1ccc(N(CCCN)C(=O)C2CC3CC3C2)cc1. The monoisotopic (exact) mass is 288 g/mol. The van der Waals surface area contributed by atoms with Gasteiger partial charge in [0.2, 0.25) is 5.91 Å². The number of rotatable bonds is 6. The minimum atomic E-state index is 0.216. The first-order chi connectivity index (χ1) is 10.2. The van der Waals surface area contributed by atoms with E-state index in [0.717, 1.165) is 42.5 Å². The van der Waals surface area contributed by atoms with Crippen LogP contribution in [0.5, 0.6) is 5.75 Å². The third-order valence-electron chi connectivity index (χ3n) is 4.83. The van der Waals surface area contributed by atoms with Gasteiger partial charge in [-0.1, -0.05) is 0 Å². The molecule has 2 atom stereocenters. The molecule has 114 valence electrons. The van der Waals surface area contributed by atoms with Gasteiger partial charge in [-0.25, -0.2) is 0 Å². The van der Waals surface area contributed by atoms with E-state index in [1.165, 1.54) is 6.42 Å². The predicted octanol–water partition coefficient (Wildman–Crippen LogP) is 2.42. The smallest absolute Gasteiger partial charge is 0.230 e. The zero-order valence-electron chi connectivity index (χ0n) is 12.6. The molecule has 0 aromatic heterocycles. The molecule has 1 amide bonds. The molecule has 2 fully saturated rings. The summed E-state index contributed by atoms with van der Waals surface area (Å²) in [5.74, 6) is 2.96. The standard InChI is InChI=1S/C17H24N2O2/c1-21-16-5-3-15(4-6-16)19(8-2-7-18)17(20)14-10-12-9-13(12)11-14/h3-6,12-14H,2,7-11,18H2,1H3. The van der Waals surface area contributed by atoms with Crippen molar-refractivity contribution in [3.63, 3.8) is 0 Å². The molecule has 2 unspecified atom stereocenters. The highest BCUT2D eigenvalue weighted by molar-refractivity contribution is 5.95. The molecule has 1 aromatic rings. The molecule has 1 aromatic carbocycles. The molecule has 3 rings (SSSR count). The second-order valence-corrected chi connectivity index (χ2v) is 6.25. The third kappa shape index (κ3) is 3.05. The molecule has 2 aliphatic rings. The van der Waals surface area contributed by atoms with E-state index >= 15 is 0 Å². The van der Waals surface area contributed by atoms with Gasteiger partial charge in [-0.15, -0.1) is 0 Å². The van der Waals surface area contributed by atoms with E-state index in [4.69, 9.17) is 10.5 Å². The minimum absolute atomic E-state index is 0.216. The maximum atomic E-state index is 12.8. The molecule has 0 heterocycles. The number of nitrogens with zero attached hydrogens (tertiary/aromatic N) is 1. The Morgan fingerprint density at radius 3 is 2.48 bits per heavy atom. The zero-order valence-corrected chi connectivity index (χ0v) is 12.6. The van der Waals surface area contributed by atoms with Gasteiger partial charge in [-0.2, -0.15) is 0 Å². The molecule has 4 heteroatoms. The Balaban J connectivity index is 1.73. The molecule has 0 radical (unpaired) electrons. The zero-order chi connectivity index (χ0) is 14.8. The number of fused-ring (bicyclic) bond motifs is 1. The molecular weight excluding hydrogens is 264 g/mol. The second-order valence-electron chi connectivity index (χ2n) is 6.25. The summed E-state index contributed by atoms with van der Waals surface area (Å²) in [4.78, 5) is 14.7. The summed E-state index contributed by atoms with van der Waals surface area (Å²) in [6.45, 7) is 1.31. The summed E-state index contributed by atoms with van der Waals surface area (Å²) in [5.41, 5.74) is 6.58. The van der Waals surface area contributed by atoms with Crippen molar-refractivity contribution in [1.82, 2.24) is 0 Å². The van der Waals surface area contributed by atoms with Crippen LogP contribution in [0, 0.1) is 17.8 Å². The van der Waals surface area contributed by atoms with Crippen LogP contribution in [0.25, 0.3) is 0 Å². The summed E-state index contributed by atoms with van der Waals surface area (Å²) in [6, 6.07) is 7.74. The lowest BCUT2D eigenvalue weighted by molar-refractivity contribution is -0.122. The number of hydrogen-bond donors (Lipinski definition) is 1. The first-order valence-electron chi connectivity index (χ1n) is 7.88. The van der Waals surface area contributed by atoms with Gasteiger partial charge >= 0.3 is 0 Å². The third-order valence-corrected chi connectivity index (χ3v) is 4.83. The highest BCUT2D eigenvalue weighted by Crippen LogP contribution is 2.54.